The van der Waals surface area contributed by atoms with Gasteiger partial charge in [-0.25, -0.2) is 4.39 Å². The molecule has 2 fully saturated rings. The van der Waals surface area contributed by atoms with Crippen LogP contribution in [0.3, 0.4) is 0 Å². The predicted octanol–water partition coefficient (Wildman–Crippen LogP) is 3.89. The lowest BCUT2D eigenvalue weighted by molar-refractivity contribution is -0.131. The van der Waals surface area contributed by atoms with E-state index in [0.29, 0.717) is 11.6 Å². The number of hydrogen-bond acceptors (Lipinski definition) is 4. The van der Waals surface area contributed by atoms with E-state index in [2.05, 4.69) is 16.7 Å². The van der Waals surface area contributed by atoms with E-state index < -0.39 is 0 Å². The van der Waals surface area contributed by atoms with Crippen LogP contribution >= 0.6 is 11.6 Å². The van der Waals surface area contributed by atoms with Crippen LogP contribution in [0.4, 0.5) is 4.39 Å². The number of nitrogens with zero attached hydrogens (tertiary/aromatic N) is 4. The quantitative estimate of drug-likeness (QED) is 0.551. The van der Waals surface area contributed by atoms with Gasteiger partial charge in [-0.2, -0.15) is 0 Å². The Bertz CT molecular complexity index is 1100. The van der Waals surface area contributed by atoms with E-state index >= 15 is 0 Å². The van der Waals surface area contributed by atoms with Crippen molar-refractivity contribution in [2.75, 3.05) is 45.8 Å². The van der Waals surface area contributed by atoms with Crippen LogP contribution < -0.4 is 0 Å². The summed E-state index contributed by atoms with van der Waals surface area (Å²) in [5.74, 6) is -0.112. The maximum Gasteiger partial charge on any atom is 0.246 e. The smallest absolute Gasteiger partial charge is 0.246 e. The summed E-state index contributed by atoms with van der Waals surface area (Å²) in [5, 5.41) is 0.668. The SMILES string of the molecule is CC(=O)N1CCN(Cc2cc(Cl)ccc2/C=C/C(=O)N2CCN(Cc3ccc(F)cc3)CC2C)CC1. The van der Waals surface area contributed by atoms with Crippen LogP contribution in [0.25, 0.3) is 6.08 Å². The Hall–Kier alpha value is -2.74. The molecule has 192 valence electrons. The van der Waals surface area contributed by atoms with Crippen molar-refractivity contribution in [3.63, 3.8) is 0 Å². The van der Waals surface area contributed by atoms with Gasteiger partial charge in [0.2, 0.25) is 11.8 Å². The number of rotatable bonds is 6. The van der Waals surface area contributed by atoms with E-state index in [9.17, 15) is 14.0 Å². The summed E-state index contributed by atoms with van der Waals surface area (Å²) >= 11 is 6.29. The molecule has 2 amide bonds. The lowest BCUT2D eigenvalue weighted by Crippen LogP contribution is -2.53. The molecule has 0 aliphatic carbocycles. The maximum absolute atomic E-state index is 13.2. The summed E-state index contributed by atoms with van der Waals surface area (Å²) in [7, 11) is 0. The summed E-state index contributed by atoms with van der Waals surface area (Å²) in [6, 6.07) is 12.4. The molecule has 36 heavy (non-hydrogen) atoms. The van der Waals surface area contributed by atoms with Crippen LogP contribution in [0.5, 0.6) is 0 Å². The normalized spacial score (nSPS) is 19.7. The van der Waals surface area contributed by atoms with Gasteiger partial charge in [-0.15, -0.1) is 0 Å². The minimum Gasteiger partial charge on any atom is -0.340 e. The highest BCUT2D eigenvalue weighted by molar-refractivity contribution is 6.30. The highest BCUT2D eigenvalue weighted by Gasteiger charge is 2.26. The van der Waals surface area contributed by atoms with Crippen LogP contribution in [-0.2, 0) is 22.7 Å². The molecule has 0 aromatic heterocycles. The second-order valence-corrected chi connectivity index (χ2v) is 10.1. The van der Waals surface area contributed by atoms with Crippen molar-refractivity contribution in [2.24, 2.45) is 0 Å². The van der Waals surface area contributed by atoms with Gasteiger partial charge in [-0.1, -0.05) is 29.8 Å². The first-order chi connectivity index (χ1) is 17.3. The van der Waals surface area contributed by atoms with Gasteiger partial charge in [0.1, 0.15) is 5.82 Å². The van der Waals surface area contributed by atoms with E-state index in [0.717, 1.165) is 69.0 Å². The van der Waals surface area contributed by atoms with Crippen molar-refractivity contribution in [3.05, 3.63) is 76.1 Å². The van der Waals surface area contributed by atoms with Crippen LogP contribution in [0.15, 0.2) is 48.5 Å². The highest BCUT2D eigenvalue weighted by atomic mass is 35.5. The molecular weight excluding hydrogens is 479 g/mol. The van der Waals surface area contributed by atoms with Gasteiger partial charge >= 0.3 is 0 Å². The second kappa shape index (κ2) is 12.0. The van der Waals surface area contributed by atoms with E-state index in [1.807, 2.05) is 46.2 Å². The molecule has 2 heterocycles. The number of piperazine rings is 2. The van der Waals surface area contributed by atoms with E-state index in [-0.39, 0.29) is 23.7 Å². The van der Waals surface area contributed by atoms with Crippen LogP contribution in [-0.4, -0.2) is 83.3 Å². The number of carbonyl (C=O) groups excluding carboxylic acids is 2. The van der Waals surface area contributed by atoms with Gasteiger partial charge in [-0.3, -0.25) is 19.4 Å². The number of halogens is 2. The maximum atomic E-state index is 13.2. The van der Waals surface area contributed by atoms with Crippen LogP contribution in [0.1, 0.15) is 30.5 Å². The average molecular weight is 513 g/mol. The molecule has 0 bridgehead atoms. The number of carbonyl (C=O) groups is 2. The minimum atomic E-state index is -0.228. The monoisotopic (exact) mass is 512 g/mol. The van der Waals surface area contributed by atoms with Crippen molar-refractivity contribution in [1.82, 2.24) is 19.6 Å². The fraction of sp³-hybridized carbons (Fsp3) is 0.429. The average Bonchev–Trinajstić information content (AvgIpc) is 2.85. The van der Waals surface area contributed by atoms with Crippen LogP contribution in [0, 0.1) is 5.82 Å². The third-order valence-corrected chi connectivity index (χ3v) is 7.27. The molecule has 0 spiro atoms. The molecule has 0 N–H and O–H groups in total. The predicted molar refractivity (Wildman–Crippen MR) is 141 cm³/mol. The highest BCUT2D eigenvalue weighted by Crippen LogP contribution is 2.21. The van der Waals surface area contributed by atoms with Gasteiger partial charge in [0.25, 0.3) is 0 Å². The molecule has 0 saturated carbocycles. The summed E-state index contributed by atoms with van der Waals surface area (Å²) in [6.45, 7) is 10.4. The standard InChI is InChI=1S/C28H34ClFN4O2/c1-21-18-32(19-23-3-8-27(30)9-4-23)13-16-34(21)28(36)10-6-24-5-7-26(29)17-25(24)20-31-11-14-33(15-12-31)22(2)35/h3-10,17,21H,11-16,18-20H2,1-2H3/b10-6+. The van der Waals surface area contributed by atoms with Crippen molar-refractivity contribution in [1.29, 1.82) is 0 Å². The fourth-order valence-corrected chi connectivity index (χ4v) is 5.14. The Morgan fingerprint density at radius 1 is 0.972 bits per heavy atom. The van der Waals surface area contributed by atoms with E-state index in [4.69, 9.17) is 11.6 Å². The lowest BCUT2D eigenvalue weighted by atomic mass is 10.1. The molecule has 2 saturated heterocycles. The largest absolute Gasteiger partial charge is 0.340 e. The molecule has 2 aliphatic heterocycles. The van der Waals surface area contributed by atoms with Gasteiger partial charge in [0, 0.05) is 83.0 Å². The molecule has 4 rings (SSSR count). The number of amides is 2. The number of hydrogen-bond donors (Lipinski definition) is 0. The molecule has 2 aromatic carbocycles. The first-order valence-corrected chi connectivity index (χ1v) is 12.9. The molecule has 2 aromatic rings. The summed E-state index contributed by atoms with van der Waals surface area (Å²) < 4.78 is 13.2. The Morgan fingerprint density at radius 2 is 1.67 bits per heavy atom. The Morgan fingerprint density at radius 3 is 2.33 bits per heavy atom. The fourth-order valence-electron chi connectivity index (χ4n) is 4.94. The molecule has 1 atom stereocenters. The Balaban J connectivity index is 1.35. The molecule has 6 nitrogen and oxygen atoms in total. The lowest BCUT2D eigenvalue weighted by Gasteiger charge is -2.39. The van der Waals surface area contributed by atoms with Gasteiger partial charge in [0.15, 0.2) is 0 Å². The molecule has 2 aliphatic rings. The first-order valence-electron chi connectivity index (χ1n) is 12.5. The molecule has 8 heteroatoms. The van der Waals surface area contributed by atoms with Gasteiger partial charge in [0.05, 0.1) is 0 Å². The Kier molecular flexibility index (Phi) is 8.77. The van der Waals surface area contributed by atoms with Crippen molar-refractivity contribution in [2.45, 2.75) is 33.0 Å². The Labute approximate surface area is 217 Å². The summed E-state index contributed by atoms with van der Waals surface area (Å²) in [6.07, 6.45) is 3.55. The van der Waals surface area contributed by atoms with Crippen molar-refractivity contribution in [3.8, 4) is 0 Å². The van der Waals surface area contributed by atoms with E-state index in [1.54, 1.807) is 13.0 Å². The summed E-state index contributed by atoms with van der Waals surface area (Å²) in [4.78, 5) is 33.1. The first kappa shape index (κ1) is 26.3. The third kappa shape index (κ3) is 6.93. The van der Waals surface area contributed by atoms with Crippen LogP contribution in [0.2, 0.25) is 5.02 Å². The minimum absolute atomic E-state index is 0.0000882. The second-order valence-electron chi connectivity index (χ2n) is 9.70. The van der Waals surface area contributed by atoms with Gasteiger partial charge in [-0.05, 0) is 54.0 Å². The molecular formula is C28H34ClFN4O2. The number of benzene rings is 2. The van der Waals surface area contributed by atoms with E-state index in [1.165, 1.54) is 12.1 Å². The summed E-state index contributed by atoms with van der Waals surface area (Å²) in [5.41, 5.74) is 3.12. The zero-order valence-corrected chi connectivity index (χ0v) is 21.8. The third-order valence-electron chi connectivity index (χ3n) is 7.04. The molecule has 0 radical (unpaired) electrons. The van der Waals surface area contributed by atoms with Crippen molar-refractivity contribution >= 4 is 29.5 Å². The zero-order chi connectivity index (χ0) is 25.7. The zero-order valence-electron chi connectivity index (χ0n) is 21.0. The van der Waals surface area contributed by atoms with Crippen molar-refractivity contribution < 1.29 is 14.0 Å². The molecule has 1 unspecified atom stereocenters. The topological polar surface area (TPSA) is 47.1 Å². The van der Waals surface area contributed by atoms with Gasteiger partial charge < -0.3 is 9.80 Å².